The number of nitrogens with zero attached hydrogens (tertiary/aromatic N) is 3. The van der Waals surface area contributed by atoms with Gasteiger partial charge in [0.1, 0.15) is 0 Å². The Kier molecular flexibility index (Phi) is 7.56. The maximum atomic E-state index is 5.20. The molecule has 0 saturated carbocycles. The minimum Gasteiger partial charge on any atom is -0.208 e. The van der Waals surface area contributed by atoms with E-state index in [9.17, 15) is 0 Å². The Bertz CT molecular complexity index is 3330. The molecule has 274 valence electrons. The first-order chi connectivity index (χ1) is 29.3. The molecule has 1 aliphatic heterocycles. The zero-order valence-corrected chi connectivity index (χ0v) is 33.0. The van der Waals surface area contributed by atoms with Gasteiger partial charge in [-0.25, -0.2) is 15.0 Å². The number of hydrogen-bond donors (Lipinski definition) is 0. The van der Waals surface area contributed by atoms with Gasteiger partial charge in [0.2, 0.25) is 0 Å². The summed E-state index contributed by atoms with van der Waals surface area (Å²) in [6, 6.07) is 77.4. The van der Waals surface area contributed by atoms with Crippen molar-refractivity contribution in [3.8, 4) is 45.3 Å². The van der Waals surface area contributed by atoms with Crippen molar-refractivity contribution in [2.24, 2.45) is 0 Å². The zero-order valence-electron chi connectivity index (χ0n) is 32.0. The molecule has 2 heterocycles. The summed E-state index contributed by atoms with van der Waals surface area (Å²) in [5.74, 6) is 1.98. The van der Waals surface area contributed by atoms with Crippen molar-refractivity contribution in [3.63, 3.8) is 0 Å². The molecule has 10 aromatic carbocycles. The van der Waals surface area contributed by atoms with Crippen LogP contribution in [0.4, 0.5) is 0 Å². The smallest absolute Gasteiger partial charge is 0.180 e. The fourth-order valence-corrected chi connectivity index (χ4v) is 15.0. The van der Waals surface area contributed by atoms with Crippen LogP contribution in [0.1, 0.15) is 0 Å². The van der Waals surface area contributed by atoms with Crippen molar-refractivity contribution in [1.82, 2.24) is 15.0 Å². The fraction of sp³-hybridized carbons (Fsp3) is 0. The molecule has 4 heteroatoms. The van der Waals surface area contributed by atoms with Gasteiger partial charge in [-0.05, 0) is 81.0 Å². The van der Waals surface area contributed by atoms with E-state index in [1.165, 1.54) is 75.0 Å². The quantitative estimate of drug-likeness (QED) is 0.129. The van der Waals surface area contributed by atoms with Gasteiger partial charge in [-0.1, -0.05) is 206 Å². The molecule has 0 amide bonds. The highest BCUT2D eigenvalue weighted by atomic mass is 28.3. The second-order valence-corrected chi connectivity index (χ2v) is 19.2. The molecule has 0 bridgehead atoms. The molecule has 12 rings (SSSR count). The van der Waals surface area contributed by atoms with Crippen molar-refractivity contribution in [2.75, 3.05) is 0 Å². The first kappa shape index (κ1) is 33.6. The van der Waals surface area contributed by atoms with Gasteiger partial charge in [0.25, 0.3) is 0 Å². The maximum Gasteiger partial charge on any atom is 0.180 e. The Morgan fingerprint density at radius 3 is 1.39 bits per heavy atom. The van der Waals surface area contributed by atoms with Crippen LogP contribution >= 0.6 is 0 Å². The van der Waals surface area contributed by atoms with Crippen LogP contribution in [-0.2, 0) is 0 Å². The van der Waals surface area contributed by atoms with Gasteiger partial charge in [-0.2, -0.15) is 0 Å². The van der Waals surface area contributed by atoms with Crippen LogP contribution in [-0.4, -0.2) is 23.0 Å². The molecule has 0 spiro atoms. The Balaban J connectivity index is 1.20. The van der Waals surface area contributed by atoms with E-state index in [0.717, 1.165) is 16.7 Å². The highest BCUT2D eigenvalue weighted by Gasteiger charge is 2.49. The first-order valence-corrected chi connectivity index (χ1v) is 22.2. The average molecular weight is 766 g/mol. The lowest BCUT2D eigenvalue weighted by atomic mass is 9.89. The largest absolute Gasteiger partial charge is 0.208 e. The van der Waals surface area contributed by atoms with Crippen molar-refractivity contribution < 1.29 is 0 Å². The van der Waals surface area contributed by atoms with Gasteiger partial charge in [0.05, 0.1) is 0 Å². The van der Waals surface area contributed by atoms with Gasteiger partial charge < -0.3 is 0 Å². The second-order valence-electron chi connectivity index (χ2n) is 15.5. The van der Waals surface area contributed by atoms with Crippen LogP contribution in [0, 0.1) is 0 Å². The summed E-state index contributed by atoms with van der Waals surface area (Å²) in [6.45, 7) is 0. The molecule has 0 saturated heterocycles. The van der Waals surface area contributed by atoms with Crippen LogP contribution in [0.5, 0.6) is 0 Å². The molecule has 11 aromatic rings. The number of aromatic nitrogens is 3. The molecule has 0 aliphatic carbocycles. The van der Waals surface area contributed by atoms with E-state index in [0.29, 0.717) is 17.5 Å². The summed E-state index contributed by atoms with van der Waals surface area (Å²) in [5.41, 5.74) is 5.46. The van der Waals surface area contributed by atoms with Gasteiger partial charge in [0.15, 0.2) is 25.5 Å². The standard InChI is InChI=1S/C55H35N3Si/c1-5-18-37(19-6-1)53-56-54(38-20-7-2-8-21-38)58-55(57-53)39-30-31-45-48-34-47-44-28-16-15-27-43(44)46-32-29-36-17-13-14-26-42(36)52(46)49(47)35-51(48)59(50(45)33-39,40-22-9-3-10-23-40)41-24-11-4-12-25-41/h1-35H. The summed E-state index contributed by atoms with van der Waals surface area (Å²) in [5, 5.41) is 15.7. The van der Waals surface area contributed by atoms with E-state index < -0.39 is 8.07 Å². The van der Waals surface area contributed by atoms with Crippen LogP contribution in [0.15, 0.2) is 212 Å². The van der Waals surface area contributed by atoms with Crippen molar-refractivity contribution in [2.45, 2.75) is 0 Å². The van der Waals surface area contributed by atoms with E-state index in [4.69, 9.17) is 15.0 Å². The van der Waals surface area contributed by atoms with Gasteiger partial charge in [-0.15, -0.1) is 0 Å². The third-order valence-corrected chi connectivity index (χ3v) is 17.2. The topological polar surface area (TPSA) is 38.7 Å². The van der Waals surface area contributed by atoms with Gasteiger partial charge in [-0.3, -0.25) is 0 Å². The SMILES string of the molecule is c1ccc(-c2nc(-c3ccccc3)nc(-c3ccc4c(c3)[Si](c3ccccc3)(c3ccccc3)c3cc5c(cc3-4)c3ccccc3c3ccc4ccccc4c35)n2)cc1. The monoisotopic (exact) mass is 765 g/mol. The third kappa shape index (κ3) is 5.10. The molecule has 0 atom stereocenters. The van der Waals surface area contributed by atoms with Gasteiger partial charge in [0, 0.05) is 16.7 Å². The lowest BCUT2D eigenvalue weighted by Gasteiger charge is -2.32. The summed E-state index contributed by atoms with van der Waals surface area (Å²) < 4.78 is 0. The highest BCUT2D eigenvalue weighted by Crippen LogP contribution is 2.42. The predicted octanol–water partition coefficient (Wildman–Crippen LogP) is 10.8. The second kappa shape index (κ2) is 13.3. The molecule has 1 aromatic heterocycles. The Hall–Kier alpha value is -7.53. The van der Waals surface area contributed by atoms with Crippen LogP contribution < -0.4 is 20.7 Å². The normalized spacial score (nSPS) is 12.9. The predicted molar refractivity (Wildman–Crippen MR) is 249 cm³/mol. The molecule has 0 N–H and O–H groups in total. The van der Waals surface area contributed by atoms with Crippen molar-refractivity contribution >= 4 is 71.9 Å². The molecule has 0 unspecified atom stereocenters. The van der Waals surface area contributed by atoms with Crippen molar-refractivity contribution in [1.29, 1.82) is 0 Å². The van der Waals surface area contributed by atoms with Crippen molar-refractivity contribution in [3.05, 3.63) is 212 Å². The van der Waals surface area contributed by atoms with E-state index in [1.807, 2.05) is 36.4 Å². The van der Waals surface area contributed by atoms with E-state index >= 15 is 0 Å². The minimum absolute atomic E-state index is 0.657. The number of rotatable bonds is 5. The summed E-state index contributed by atoms with van der Waals surface area (Å²) in [7, 11) is -2.96. The molecule has 0 fully saturated rings. The molecule has 0 radical (unpaired) electrons. The lowest BCUT2D eigenvalue weighted by molar-refractivity contribution is 1.07. The van der Waals surface area contributed by atoms with Crippen LogP contribution in [0.3, 0.4) is 0 Å². The molecular weight excluding hydrogens is 731 g/mol. The number of fused-ring (bicyclic) bond motifs is 11. The Labute approximate surface area is 343 Å². The lowest BCUT2D eigenvalue weighted by Crippen LogP contribution is -2.72. The zero-order chi connectivity index (χ0) is 38.9. The first-order valence-electron chi connectivity index (χ1n) is 20.2. The van der Waals surface area contributed by atoms with Crippen LogP contribution in [0.25, 0.3) is 88.4 Å². The number of benzene rings is 10. The van der Waals surface area contributed by atoms with Crippen LogP contribution in [0.2, 0.25) is 0 Å². The maximum absolute atomic E-state index is 5.20. The molecule has 59 heavy (non-hydrogen) atoms. The summed E-state index contributed by atoms with van der Waals surface area (Å²) >= 11 is 0. The van der Waals surface area contributed by atoms with E-state index in [2.05, 4.69) is 176 Å². The third-order valence-electron chi connectivity index (χ3n) is 12.4. The molecular formula is C55H35N3Si. The molecule has 3 nitrogen and oxygen atoms in total. The van der Waals surface area contributed by atoms with E-state index in [1.54, 1.807) is 0 Å². The number of hydrogen-bond acceptors (Lipinski definition) is 3. The van der Waals surface area contributed by atoms with E-state index in [-0.39, 0.29) is 0 Å². The summed E-state index contributed by atoms with van der Waals surface area (Å²) in [4.78, 5) is 15.4. The Morgan fingerprint density at radius 2 is 0.780 bits per heavy atom. The Morgan fingerprint density at radius 1 is 0.288 bits per heavy atom. The average Bonchev–Trinajstić information content (AvgIpc) is 3.61. The summed E-state index contributed by atoms with van der Waals surface area (Å²) in [6.07, 6.45) is 0. The minimum atomic E-state index is -2.96. The highest BCUT2D eigenvalue weighted by molar-refractivity contribution is 7.22. The van der Waals surface area contributed by atoms with Gasteiger partial charge >= 0.3 is 0 Å². The molecule has 1 aliphatic rings. The fourth-order valence-electron chi connectivity index (χ4n) is 9.78.